The Morgan fingerprint density at radius 1 is 1.10 bits per heavy atom. The van der Waals surface area contributed by atoms with Crippen LogP contribution in [0.2, 0.25) is 5.02 Å². The van der Waals surface area contributed by atoms with E-state index >= 15 is 0 Å². The first-order chi connectivity index (χ1) is 9.89. The smallest absolute Gasteiger partial charge is 0.242 e. The molecule has 112 valence electrons. The fraction of sp³-hybridized carbons (Fsp3) is 0.200. The van der Waals surface area contributed by atoms with Crippen molar-refractivity contribution >= 4 is 27.3 Å². The summed E-state index contributed by atoms with van der Waals surface area (Å²) in [5, 5.41) is 3.88. The monoisotopic (exact) mass is 324 g/mol. The molecular formula is C15H17ClN2O2S. The first kappa shape index (κ1) is 15.8. The Balaban J connectivity index is 2.15. The summed E-state index contributed by atoms with van der Waals surface area (Å²) in [6, 6.07) is 14.3. The van der Waals surface area contributed by atoms with Gasteiger partial charge >= 0.3 is 0 Å². The molecule has 6 heteroatoms. The first-order valence-electron chi connectivity index (χ1n) is 6.40. The molecule has 21 heavy (non-hydrogen) atoms. The van der Waals surface area contributed by atoms with E-state index in [2.05, 4.69) is 5.32 Å². The minimum atomic E-state index is -3.42. The highest BCUT2D eigenvalue weighted by Gasteiger charge is 2.16. The second-order valence-corrected chi connectivity index (χ2v) is 7.39. The normalized spacial score (nSPS) is 11.6. The van der Waals surface area contributed by atoms with E-state index in [-0.39, 0.29) is 4.90 Å². The molecule has 0 radical (unpaired) electrons. The topological polar surface area (TPSA) is 49.4 Å². The molecule has 2 aromatic carbocycles. The van der Waals surface area contributed by atoms with Crippen LogP contribution >= 0.6 is 11.6 Å². The molecule has 1 N–H and O–H groups in total. The fourth-order valence-corrected chi connectivity index (χ4v) is 2.99. The van der Waals surface area contributed by atoms with Crippen LogP contribution in [0.25, 0.3) is 0 Å². The number of anilines is 1. The van der Waals surface area contributed by atoms with Crippen LogP contribution in [0.5, 0.6) is 0 Å². The van der Waals surface area contributed by atoms with Gasteiger partial charge in [0.25, 0.3) is 0 Å². The van der Waals surface area contributed by atoms with E-state index in [1.54, 1.807) is 18.2 Å². The van der Waals surface area contributed by atoms with Crippen molar-refractivity contribution in [3.05, 3.63) is 59.1 Å². The Kier molecular flexibility index (Phi) is 4.88. The van der Waals surface area contributed by atoms with Gasteiger partial charge in [-0.1, -0.05) is 29.8 Å². The van der Waals surface area contributed by atoms with Crippen molar-refractivity contribution < 1.29 is 8.42 Å². The summed E-state index contributed by atoms with van der Waals surface area (Å²) in [6.45, 7) is 0.575. The van der Waals surface area contributed by atoms with Crippen LogP contribution in [0.15, 0.2) is 53.4 Å². The number of nitrogens with one attached hydrogen (secondary N) is 1. The van der Waals surface area contributed by atoms with Crippen LogP contribution in [0.1, 0.15) is 5.56 Å². The maximum absolute atomic E-state index is 12.1. The summed E-state index contributed by atoms with van der Waals surface area (Å²) >= 11 is 5.93. The first-order valence-corrected chi connectivity index (χ1v) is 8.22. The van der Waals surface area contributed by atoms with Gasteiger partial charge < -0.3 is 5.32 Å². The highest BCUT2D eigenvalue weighted by molar-refractivity contribution is 7.89. The molecule has 2 rings (SSSR count). The van der Waals surface area contributed by atoms with Crippen molar-refractivity contribution in [3.63, 3.8) is 0 Å². The molecule has 0 aromatic heterocycles. The lowest BCUT2D eigenvalue weighted by Crippen LogP contribution is -2.22. The molecule has 0 aliphatic rings. The largest absolute Gasteiger partial charge is 0.381 e. The number of nitrogens with zero attached hydrogens (tertiary/aromatic N) is 1. The highest BCUT2D eigenvalue weighted by Crippen LogP contribution is 2.19. The Morgan fingerprint density at radius 2 is 1.81 bits per heavy atom. The van der Waals surface area contributed by atoms with Gasteiger partial charge in [-0.05, 0) is 35.9 Å². The van der Waals surface area contributed by atoms with Crippen molar-refractivity contribution in [1.82, 2.24) is 4.31 Å². The van der Waals surface area contributed by atoms with Crippen LogP contribution < -0.4 is 5.32 Å². The summed E-state index contributed by atoms with van der Waals surface area (Å²) in [6.07, 6.45) is 0. The molecule has 0 atom stereocenters. The summed E-state index contributed by atoms with van der Waals surface area (Å²) in [5.41, 5.74) is 1.78. The van der Waals surface area contributed by atoms with Gasteiger partial charge in [0.15, 0.2) is 0 Å². The maximum atomic E-state index is 12.1. The molecule has 0 saturated heterocycles. The standard InChI is InChI=1S/C15H17ClN2O2S/c1-18(2)21(19,20)15-8-4-7-14(10-15)17-11-12-5-3-6-13(16)9-12/h3-10,17H,11H2,1-2H3. The molecule has 0 amide bonds. The lowest BCUT2D eigenvalue weighted by molar-refractivity contribution is 0.521. The number of rotatable bonds is 5. The average molecular weight is 325 g/mol. The van der Waals surface area contributed by atoms with E-state index in [0.717, 1.165) is 11.3 Å². The predicted octanol–water partition coefficient (Wildman–Crippen LogP) is 3.20. The Hall–Kier alpha value is -1.56. The molecule has 0 aliphatic heterocycles. The average Bonchev–Trinajstić information content (AvgIpc) is 2.45. The van der Waals surface area contributed by atoms with E-state index in [0.29, 0.717) is 11.6 Å². The second kappa shape index (κ2) is 6.47. The van der Waals surface area contributed by atoms with E-state index in [1.165, 1.54) is 18.4 Å². The molecule has 0 spiro atoms. The molecule has 4 nitrogen and oxygen atoms in total. The maximum Gasteiger partial charge on any atom is 0.242 e. The zero-order chi connectivity index (χ0) is 15.5. The second-order valence-electron chi connectivity index (χ2n) is 4.80. The van der Waals surface area contributed by atoms with Gasteiger partial charge in [-0.2, -0.15) is 0 Å². The van der Waals surface area contributed by atoms with E-state index in [4.69, 9.17) is 11.6 Å². The lowest BCUT2D eigenvalue weighted by atomic mass is 10.2. The molecule has 0 saturated carbocycles. The fourth-order valence-electron chi connectivity index (χ4n) is 1.83. The van der Waals surface area contributed by atoms with Crippen LogP contribution in [0, 0.1) is 0 Å². The molecule has 0 unspecified atom stereocenters. The SMILES string of the molecule is CN(C)S(=O)(=O)c1cccc(NCc2cccc(Cl)c2)c1. The Bertz CT molecular complexity index is 730. The summed E-state index contributed by atoms with van der Waals surface area (Å²) in [4.78, 5) is 0.267. The van der Waals surface area contributed by atoms with Gasteiger partial charge in [0.1, 0.15) is 0 Å². The number of halogens is 1. The van der Waals surface area contributed by atoms with Gasteiger partial charge in [0.05, 0.1) is 4.90 Å². The van der Waals surface area contributed by atoms with Crippen LogP contribution in [-0.4, -0.2) is 26.8 Å². The van der Waals surface area contributed by atoms with Crippen molar-refractivity contribution in [2.75, 3.05) is 19.4 Å². The molecule has 2 aromatic rings. The van der Waals surface area contributed by atoms with Crippen LogP contribution in [-0.2, 0) is 16.6 Å². The van der Waals surface area contributed by atoms with Crippen molar-refractivity contribution in [3.8, 4) is 0 Å². The van der Waals surface area contributed by atoms with E-state index in [9.17, 15) is 8.42 Å². The third-order valence-electron chi connectivity index (χ3n) is 3.00. The van der Waals surface area contributed by atoms with Gasteiger partial charge in [-0.15, -0.1) is 0 Å². The van der Waals surface area contributed by atoms with Crippen LogP contribution in [0.3, 0.4) is 0 Å². The van der Waals surface area contributed by atoms with Gasteiger partial charge in [0.2, 0.25) is 10.0 Å². The van der Waals surface area contributed by atoms with Gasteiger partial charge in [-0.3, -0.25) is 0 Å². The summed E-state index contributed by atoms with van der Waals surface area (Å²) < 4.78 is 25.4. The Labute approximate surface area is 130 Å². The molecule has 0 aliphatic carbocycles. The van der Waals surface area contributed by atoms with Gasteiger partial charge in [0, 0.05) is 31.4 Å². The number of hydrogen-bond acceptors (Lipinski definition) is 3. The van der Waals surface area contributed by atoms with Crippen molar-refractivity contribution in [2.24, 2.45) is 0 Å². The third kappa shape index (κ3) is 3.97. The van der Waals surface area contributed by atoms with E-state index in [1.807, 2.05) is 30.3 Å². The predicted molar refractivity (Wildman–Crippen MR) is 86.1 cm³/mol. The van der Waals surface area contributed by atoms with Crippen molar-refractivity contribution in [1.29, 1.82) is 0 Å². The zero-order valence-corrected chi connectivity index (χ0v) is 13.4. The van der Waals surface area contributed by atoms with E-state index < -0.39 is 10.0 Å². The molecule has 0 bridgehead atoms. The third-order valence-corrected chi connectivity index (χ3v) is 5.04. The highest BCUT2D eigenvalue weighted by atomic mass is 35.5. The minimum Gasteiger partial charge on any atom is -0.381 e. The number of hydrogen-bond donors (Lipinski definition) is 1. The molecule has 0 fully saturated rings. The number of sulfonamides is 1. The van der Waals surface area contributed by atoms with Gasteiger partial charge in [-0.25, -0.2) is 12.7 Å². The molecule has 0 heterocycles. The Morgan fingerprint density at radius 3 is 2.48 bits per heavy atom. The molecular weight excluding hydrogens is 308 g/mol. The summed E-state index contributed by atoms with van der Waals surface area (Å²) in [7, 11) is -0.386. The number of benzene rings is 2. The summed E-state index contributed by atoms with van der Waals surface area (Å²) in [5.74, 6) is 0. The zero-order valence-electron chi connectivity index (χ0n) is 11.9. The quantitative estimate of drug-likeness (QED) is 0.918. The lowest BCUT2D eigenvalue weighted by Gasteiger charge is -2.13. The van der Waals surface area contributed by atoms with Crippen LogP contribution in [0.4, 0.5) is 5.69 Å². The van der Waals surface area contributed by atoms with Crippen molar-refractivity contribution in [2.45, 2.75) is 11.4 Å². The minimum absolute atomic E-state index is 0.267.